The van der Waals surface area contributed by atoms with Gasteiger partial charge in [0.2, 0.25) is 0 Å². The Hall–Kier alpha value is -0.630. The lowest BCUT2D eigenvalue weighted by Gasteiger charge is -2.32. The molecule has 0 bridgehead atoms. The lowest BCUT2D eigenvalue weighted by atomic mass is 9.92. The molecule has 0 saturated carbocycles. The van der Waals surface area contributed by atoms with E-state index in [4.69, 9.17) is 10.5 Å². The molecule has 7 heteroatoms. The van der Waals surface area contributed by atoms with Crippen LogP contribution in [0.25, 0.3) is 0 Å². The smallest absolute Gasteiger partial charge is 0.256 e. The van der Waals surface area contributed by atoms with Crippen LogP contribution in [0.2, 0.25) is 0 Å². The molecule has 1 atom stereocenters. The zero-order chi connectivity index (χ0) is 14.0. The van der Waals surface area contributed by atoms with Crippen LogP contribution in [-0.2, 0) is 10.0 Å². The third-order valence-corrected chi connectivity index (χ3v) is 6.95. The molecule has 0 spiro atoms. The number of hydrogen-bond donors (Lipinski definition) is 1. The van der Waals surface area contributed by atoms with E-state index in [0.29, 0.717) is 29.0 Å². The van der Waals surface area contributed by atoms with Crippen molar-refractivity contribution in [2.24, 2.45) is 11.7 Å². The summed E-state index contributed by atoms with van der Waals surface area (Å²) in [6.07, 6.45) is 1.65. The van der Waals surface area contributed by atoms with Gasteiger partial charge in [-0.3, -0.25) is 0 Å². The first-order valence-corrected chi connectivity index (χ1v) is 8.66. The summed E-state index contributed by atoms with van der Waals surface area (Å²) in [4.78, 5) is 0. The van der Waals surface area contributed by atoms with Crippen LogP contribution in [0.5, 0.6) is 5.75 Å². The number of piperidine rings is 1. The van der Waals surface area contributed by atoms with E-state index < -0.39 is 10.0 Å². The predicted molar refractivity (Wildman–Crippen MR) is 76.0 cm³/mol. The van der Waals surface area contributed by atoms with Gasteiger partial charge in [-0.2, -0.15) is 4.31 Å². The van der Waals surface area contributed by atoms with E-state index in [1.807, 2.05) is 6.92 Å². The van der Waals surface area contributed by atoms with E-state index in [1.54, 1.807) is 15.8 Å². The first-order valence-electron chi connectivity index (χ1n) is 6.34. The van der Waals surface area contributed by atoms with Crippen LogP contribution < -0.4 is 10.5 Å². The summed E-state index contributed by atoms with van der Waals surface area (Å²) in [6, 6.07) is 1.81. The molecule has 1 aliphatic rings. The maximum atomic E-state index is 12.5. The van der Waals surface area contributed by atoms with E-state index in [1.165, 1.54) is 18.4 Å². The fraction of sp³-hybridized carbons (Fsp3) is 0.667. The van der Waals surface area contributed by atoms with Gasteiger partial charge in [-0.15, -0.1) is 11.3 Å². The first-order chi connectivity index (χ1) is 8.96. The van der Waals surface area contributed by atoms with E-state index in [2.05, 4.69) is 0 Å². The lowest BCUT2D eigenvalue weighted by molar-refractivity contribution is 0.250. The van der Waals surface area contributed by atoms with Crippen molar-refractivity contribution in [1.29, 1.82) is 0 Å². The van der Waals surface area contributed by atoms with Crippen LogP contribution in [-0.4, -0.2) is 39.0 Å². The normalized spacial score (nSPS) is 20.4. The highest BCUT2D eigenvalue weighted by atomic mass is 32.2. The maximum absolute atomic E-state index is 12.5. The highest BCUT2D eigenvalue weighted by Gasteiger charge is 2.33. The monoisotopic (exact) mass is 304 g/mol. The molecule has 1 fully saturated rings. The van der Waals surface area contributed by atoms with Crippen LogP contribution >= 0.6 is 11.3 Å². The molecule has 1 unspecified atom stereocenters. The van der Waals surface area contributed by atoms with Crippen LogP contribution in [0.3, 0.4) is 0 Å². The van der Waals surface area contributed by atoms with E-state index in [0.717, 1.165) is 12.8 Å². The van der Waals surface area contributed by atoms with E-state index in [-0.39, 0.29) is 6.04 Å². The molecule has 2 N–H and O–H groups in total. The minimum atomic E-state index is -3.42. The van der Waals surface area contributed by atoms with Crippen LogP contribution in [0.1, 0.15) is 19.8 Å². The molecule has 19 heavy (non-hydrogen) atoms. The summed E-state index contributed by atoms with van der Waals surface area (Å²) >= 11 is 1.20. The highest BCUT2D eigenvalue weighted by molar-refractivity contribution is 7.91. The SMILES string of the molecule is COc1ccsc1S(=O)(=O)N1CCC(C(C)N)CC1. The van der Waals surface area contributed by atoms with Crippen LogP contribution in [0, 0.1) is 5.92 Å². The standard InChI is InChI=1S/C12H20N2O3S2/c1-9(13)10-3-6-14(7-4-10)19(15,16)12-11(17-2)5-8-18-12/h5,8-10H,3-4,6-7,13H2,1-2H3. The Balaban J connectivity index is 2.14. The Labute approximate surface area is 118 Å². The quantitative estimate of drug-likeness (QED) is 0.915. The van der Waals surface area contributed by atoms with Crippen molar-refractivity contribution in [3.05, 3.63) is 11.4 Å². The molecule has 1 aromatic heterocycles. The second kappa shape index (κ2) is 5.78. The number of nitrogens with zero attached hydrogens (tertiary/aromatic N) is 1. The number of methoxy groups -OCH3 is 1. The van der Waals surface area contributed by atoms with Gasteiger partial charge in [-0.1, -0.05) is 0 Å². The van der Waals surface area contributed by atoms with Crippen molar-refractivity contribution in [3.8, 4) is 5.75 Å². The Kier molecular flexibility index (Phi) is 4.50. The molecule has 0 radical (unpaired) electrons. The van der Waals surface area contributed by atoms with Crippen molar-refractivity contribution in [1.82, 2.24) is 4.31 Å². The average Bonchev–Trinajstić information content (AvgIpc) is 2.87. The third-order valence-electron chi connectivity index (χ3n) is 3.63. The van der Waals surface area contributed by atoms with Crippen molar-refractivity contribution < 1.29 is 13.2 Å². The van der Waals surface area contributed by atoms with Crippen molar-refractivity contribution in [2.75, 3.05) is 20.2 Å². The van der Waals surface area contributed by atoms with Gasteiger partial charge >= 0.3 is 0 Å². The molecule has 1 saturated heterocycles. The Morgan fingerprint density at radius 3 is 2.63 bits per heavy atom. The minimum absolute atomic E-state index is 0.126. The Bertz CT molecular complexity index is 517. The number of sulfonamides is 1. The number of rotatable bonds is 4. The zero-order valence-corrected chi connectivity index (χ0v) is 12.8. The summed E-state index contributed by atoms with van der Waals surface area (Å²) < 4.78 is 32.0. The summed E-state index contributed by atoms with van der Waals surface area (Å²) in [5.41, 5.74) is 5.88. The Morgan fingerprint density at radius 2 is 2.11 bits per heavy atom. The summed E-state index contributed by atoms with van der Waals surface area (Å²) in [5.74, 6) is 0.844. The Morgan fingerprint density at radius 1 is 1.47 bits per heavy atom. The van der Waals surface area contributed by atoms with Gasteiger partial charge < -0.3 is 10.5 Å². The molecule has 0 amide bonds. The molecule has 2 rings (SSSR count). The fourth-order valence-electron chi connectivity index (χ4n) is 2.38. The van der Waals surface area contributed by atoms with Gasteiger partial charge in [-0.25, -0.2) is 8.42 Å². The molecule has 0 aromatic carbocycles. The molecule has 0 aliphatic carbocycles. The molecule has 1 aliphatic heterocycles. The molecule has 108 valence electrons. The number of hydrogen-bond acceptors (Lipinski definition) is 5. The van der Waals surface area contributed by atoms with Gasteiger partial charge in [0.1, 0.15) is 5.75 Å². The van der Waals surface area contributed by atoms with Gasteiger partial charge in [0, 0.05) is 19.1 Å². The largest absolute Gasteiger partial charge is 0.494 e. The van der Waals surface area contributed by atoms with E-state index >= 15 is 0 Å². The summed E-state index contributed by atoms with van der Waals surface area (Å²) in [6.45, 7) is 3.06. The number of nitrogens with two attached hydrogens (primary N) is 1. The van der Waals surface area contributed by atoms with Crippen molar-refractivity contribution in [2.45, 2.75) is 30.0 Å². The average molecular weight is 304 g/mol. The molecular formula is C12H20N2O3S2. The van der Waals surface area contributed by atoms with E-state index in [9.17, 15) is 8.42 Å². The number of ether oxygens (including phenoxy) is 1. The maximum Gasteiger partial charge on any atom is 0.256 e. The third kappa shape index (κ3) is 2.94. The molecule has 1 aromatic rings. The van der Waals surface area contributed by atoms with Gasteiger partial charge in [-0.05, 0) is 37.1 Å². The van der Waals surface area contributed by atoms with Crippen LogP contribution in [0.4, 0.5) is 0 Å². The lowest BCUT2D eigenvalue weighted by Crippen LogP contribution is -2.42. The molecule has 2 heterocycles. The summed E-state index contributed by atoms with van der Waals surface area (Å²) in [7, 11) is -1.94. The van der Waals surface area contributed by atoms with Gasteiger partial charge in [0.15, 0.2) is 4.21 Å². The fourth-order valence-corrected chi connectivity index (χ4v) is 5.27. The second-order valence-corrected chi connectivity index (χ2v) is 7.93. The predicted octanol–water partition coefficient (Wildman–Crippen LogP) is 1.50. The first kappa shape index (κ1) is 14.8. The van der Waals surface area contributed by atoms with Gasteiger partial charge in [0.05, 0.1) is 7.11 Å². The highest BCUT2D eigenvalue weighted by Crippen LogP contribution is 2.34. The zero-order valence-electron chi connectivity index (χ0n) is 11.2. The van der Waals surface area contributed by atoms with Gasteiger partial charge in [0.25, 0.3) is 10.0 Å². The minimum Gasteiger partial charge on any atom is -0.494 e. The van der Waals surface area contributed by atoms with Crippen LogP contribution in [0.15, 0.2) is 15.7 Å². The van der Waals surface area contributed by atoms with Crippen molar-refractivity contribution >= 4 is 21.4 Å². The molecule has 5 nitrogen and oxygen atoms in total. The summed E-state index contributed by atoms with van der Waals surface area (Å²) in [5, 5.41) is 1.74. The second-order valence-electron chi connectivity index (χ2n) is 4.88. The topological polar surface area (TPSA) is 72.6 Å². The van der Waals surface area contributed by atoms with Crippen molar-refractivity contribution in [3.63, 3.8) is 0 Å². The number of thiophene rings is 1. The molecular weight excluding hydrogens is 284 g/mol.